The molecule has 18 heavy (non-hydrogen) atoms. The average Bonchev–Trinajstić information content (AvgIpc) is 2.41. The van der Waals surface area contributed by atoms with Crippen LogP contribution in [0.2, 0.25) is 0 Å². The lowest BCUT2D eigenvalue weighted by Crippen LogP contribution is -2.24. The Kier molecular flexibility index (Phi) is 10.7. The Morgan fingerprint density at radius 3 is 2.28 bits per heavy atom. The van der Waals surface area contributed by atoms with Gasteiger partial charge in [-0.05, 0) is 30.5 Å². The lowest BCUT2D eigenvalue weighted by atomic mass is 9.87. The van der Waals surface area contributed by atoms with Crippen LogP contribution in [0, 0.1) is 0 Å². The van der Waals surface area contributed by atoms with Gasteiger partial charge in [0.15, 0.2) is 0 Å². The Balaban J connectivity index is 0. The van der Waals surface area contributed by atoms with E-state index in [0.29, 0.717) is 0 Å². The molecule has 0 aliphatic heterocycles. The summed E-state index contributed by atoms with van der Waals surface area (Å²) in [4.78, 5) is 0. The molecular formula is C16H30O2. The number of ether oxygens (including phenoxy) is 1. The summed E-state index contributed by atoms with van der Waals surface area (Å²) < 4.78 is 5.16. The van der Waals surface area contributed by atoms with Crippen molar-refractivity contribution in [2.75, 3.05) is 7.11 Å². The highest BCUT2D eigenvalue weighted by atomic mass is 16.5. The maximum absolute atomic E-state index is 10.5. The lowest BCUT2D eigenvalue weighted by molar-refractivity contribution is 0.0224. The van der Waals surface area contributed by atoms with E-state index in [4.69, 9.17) is 4.74 Å². The van der Waals surface area contributed by atoms with E-state index >= 15 is 0 Å². The van der Waals surface area contributed by atoms with Gasteiger partial charge < -0.3 is 9.84 Å². The van der Waals surface area contributed by atoms with Gasteiger partial charge in [0.2, 0.25) is 0 Å². The van der Waals surface area contributed by atoms with E-state index in [1.165, 1.54) is 0 Å². The van der Waals surface area contributed by atoms with Gasteiger partial charge >= 0.3 is 0 Å². The van der Waals surface area contributed by atoms with E-state index < -0.39 is 5.60 Å². The van der Waals surface area contributed by atoms with Crippen LogP contribution in [-0.4, -0.2) is 12.2 Å². The fourth-order valence-electron chi connectivity index (χ4n) is 1.85. The zero-order valence-corrected chi connectivity index (χ0v) is 11.8. The van der Waals surface area contributed by atoms with Gasteiger partial charge in [-0.1, -0.05) is 53.7 Å². The van der Waals surface area contributed by atoms with Gasteiger partial charge in [0.1, 0.15) is 5.75 Å². The minimum atomic E-state index is -0.705. The number of rotatable bonds is 5. The Bertz CT molecular complexity index is 310. The first-order valence-electron chi connectivity index (χ1n) is 6.53. The van der Waals surface area contributed by atoms with E-state index in [1.807, 2.05) is 45.0 Å². The van der Waals surface area contributed by atoms with Crippen LogP contribution in [0.3, 0.4) is 0 Å². The second-order valence-corrected chi connectivity index (χ2v) is 3.87. The van der Waals surface area contributed by atoms with E-state index in [-0.39, 0.29) is 7.43 Å². The summed E-state index contributed by atoms with van der Waals surface area (Å²) in [7, 11) is 1.64. The number of methoxy groups -OCH3 is 1. The summed E-state index contributed by atoms with van der Waals surface area (Å²) in [5, 5.41) is 10.5. The molecule has 0 fully saturated rings. The van der Waals surface area contributed by atoms with Crippen LogP contribution >= 0.6 is 0 Å². The zero-order chi connectivity index (χ0) is 13.3. The normalized spacial score (nSPS) is 12.6. The van der Waals surface area contributed by atoms with Crippen molar-refractivity contribution >= 4 is 0 Å². The van der Waals surface area contributed by atoms with Crippen LogP contribution in [0.15, 0.2) is 24.3 Å². The molecule has 1 unspecified atom stereocenters. The molecule has 0 radical (unpaired) electrons. The summed E-state index contributed by atoms with van der Waals surface area (Å²) in [6, 6.07) is 7.69. The smallest absolute Gasteiger partial charge is 0.119 e. The third-order valence-corrected chi connectivity index (χ3v) is 2.86. The van der Waals surface area contributed by atoms with Crippen molar-refractivity contribution in [2.24, 2.45) is 0 Å². The van der Waals surface area contributed by atoms with Gasteiger partial charge in [0.25, 0.3) is 0 Å². The molecular weight excluding hydrogens is 224 g/mol. The van der Waals surface area contributed by atoms with Crippen molar-refractivity contribution in [3.8, 4) is 5.75 Å². The summed E-state index contributed by atoms with van der Waals surface area (Å²) in [5.41, 5.74) is 0.245. The summed E-state index contributed by atoms with van der Waals surface area (Å²) in [6.45, 7) is 8.09. The molecule has 2 heteroatoms. The maximum Gasteiger partial charge on any atom is 0.119 e. The van der Waals surface area contributed by atoms with Crippen molar-refractivity contribution in [1.29, 1.82) is 0 Å². The molecule has 0 amide bonds. The van der Waals surface area contributed by atoms with E-state index in [0.717, 1.165) is 30.6 Å². The molecule has 0 aliphatic carbocycles. The first-order valence-corrected chi connectivity index (χ1v) is 6.53. The van der Waals surface area contributed by atoms with Crippen molar-refractivity contribution < 1.29 is 9.84 Å². The fourth-order valence-corrected chi connectivity index (χ4v) is 1.85. The molecule has 1 aromatic rings. The molecule has 1 rings (SSSR count). The van der Waals surface area contributed by atoms with Gasteiger partial charge in [-0.15, -0.1) is 0 Å². The molecule has 106 valence electrons. The minimum Gasteiger partial charge on any atom is -0.497 e. The third kappa shape index (κ3) is 5.09. The second kappa shape index (κ2) is 9.95. The quantitative estimate of drug-likeness (QED) is 0.821. The molecule has 2 nitrogen and oxygen atoms in total. The molecule has 0 saturated carbocycles. The van der Waals surface area contributed by atoms with Gasteiger partial charge in [-0.2, -0.15) is 0 Å². The first-order chi connectivity index (χ1) is 8.16. The molecule has 1 aromatic carbocycles. The summed E-state index contributed by atoms with van der Waals surface area (Å²) >= 11 is 0. The molecule has 0 saturated heterocycles. The highest BCUT2D eigenvalue weighted by Crippen LogP contribution is 2.31. The number of aliphatic hydroxyl groups is 1. The molecule has 0 bridgehead atoms. The van der Waals surface area contributed by atoms with Crippen LogP contribution in [0.25, 0.3) is 0 Å². The van der Waals surface area contributed by atoms with Gasteiger partial charge in [-0.25, -0.2) is 0 Å². The van der Waals surface area contributed by atoms with Crippen LogP contribution in [0.1, 0.15) is 59.9 Å². The van der Waals surface area contributed by atoms with Crippen molar-refractivity contribution in [3.05, 3.63) is 29.8 Å². The Morgan fingerprint density at radius 2 is 1.83 bits per heavy atom. The Morgan fingerprint density at radius 1 is 1.22 bits per heavy atom. The largest absolute Gasteiger partial charge is 0.497 e. The van der Waals surface area contributed by atoms with Crippen LogP contribution in [-0.2, 0) is 5.60 Å². The monoisotopic (exact) mass is 254 g/mol. The number of hydrogen-bond acceptors (Lipinski definition) is 2. The molecule has 0 heterocycles. The molecule has 1 atom stereocenters. The van der Waals surface area contributed by atoms with Crippen LogP contribution in [0.5, 0.6) is 5.75 Å². The van der Waals surface area contributed by atoms with Crippen LogP contribution < -0.4 is 4.74 Å². The zero-order valence-electron chi connectivity index (χ0n) is 11.8. The predicted molar refractivity (Wildman–Crippen MR) is 80.2 cm³/mol. The van der Waals surface area contributed by atoms with E-state index in [1.54, 1.807) is 7.11 Å². The molecule has 0 aromatic heterocycles. The molecule has 1 N–H and O–H groups in total. The third-order valence-electron chi connectivity index (χ3n) is 2.86. The van der Waals surface area contributed by atoms with E-state index in [2.05, 4.69) is 6.92 Å². The van der Waals surface area contributed by atoms with Gasteiger partial charge in [0, 0.05) is 0 Å². The molecule has 0 aliphatic rings. The topological polar surface area (TPSA) is 29.5 Å². The number of hydrogen-bond donors (Lipinski definition) is 1. The highest BCUT2D eigenvalue weighted by molar-refractivity contribution is 5.32. The van der Waals surface area contributed by atoms with Crippen LogP contribution in [0.4, 0.5) is 0 Å². The Hall–Kier alpha value is -1.02. The first kappa shape index (κ1) is 19.3. The minimum absolute atomic E-state index is 0. The summed E-state index contributed by atoms with van der Waals surface area (Å²) in [5.74, 6) is 0.801. The average molecular weight is 254 g/mol. The van der Waals surface area contributed by atoms with Gasteiger partial charge in [-0.3, -0.25) is 0 Å². The second-order valence-electron chi connectivity index (χ2n) is 3.87. The number of benzene rings is 1. The van der Waals surface area contributed by atoms with Crippen molar-refractivity contribution in [2.45, 2.75) is 60.0 Å². The van der Waals surface area contributed by atoms with Crippen molar-refractivity contribution in [1.82, 2.24) is 0 Å². The highest BCUT2D eigenvalue weighted by Gasteiger charge is 2.26. The summed E-state index contributed by atoms with van der Waals surface area (Å²) in [6.07, 6.45) is 2.49. The van der Waals surface area contributed by atoms with E-state index in [9.17, 15) is 5.11 Å². The lowest BCUT2D eigenvalue weighted by Gasteiger charge is -2.27. The predicted octanol–water partition coefficient (Wildman–Crippen LogP) is 4.76. The SMILES string of the molecule is C.CC.CCCC(O)(CC)c1cccc(OC)c1. The fraction of sp³-hybridized carbons (Fsp3) is 0.625. The molecule has 0 spiro atoms. The maximum atomic E-state index is 10.5. The Labute approximate surface area is 113 Å². The van der Waals surface area contributed by atoms with Crippen molar-refractivity contribution in [3.63, 3.8) is 0 Å². The standard InChI is InChI=1S/C13H20O2.C2H6.CH4/c1-4-9-13(14,5-2)11-7-6-8-12(10-11)15-3;1-2;/h6-8,10,14H,4-5,9H2,1-3H3;1-2H3;1H4. The van der Waals surface area contributed by atoms with Gasteiger partial charge in [0.05, 0.1) is 12.7 Å².